The lowest BCUT2D eigenvalue weighted by Crippen LogP contribution is -2.28. The van der Waals surface area contributed by atoms with Crippen molar-refractivity contribution in [3.63, 3.8) is 0 Å². The summed E-state index contributed by atoms with van der Waals surface area (Å²) in [7, 11) is 0. The summed E-state index contributed by atoms with van der Waals surface area (Å²) in [5.74, 6) is 0.169. The van der Waals surface area contributed by atoms with E-state index in [1.54, 1.807) is 6.07 Å². The molecule has 0 aromatic carbocycles. The molecule has 0 spiro atoms. The summed E-state index contributed by atoms with van der Waals surface area (Å²) >= 11 is 0. The van der Waals surface area contributed by atoms with Gasteiger partial charge in [0.1, 0.15) is 5.75 Å². The van der Waals surface area contributed by atoms with Gasteiger partial charge in [-0.15, -0.1) is 0 Å². The fraction of sp³-hybridized carbons (Fsp3) is 0.625. The molecular formula is C16H26N2O3. The predicted molar refractivity (Wildman–Crippen MR) is 82.5 cm³/mol. The average molecular weight is 294 g/mol. The molecule has 0 radical (unpaired) electrons. The highest BCUT2D eigenvalue weighted by Crippen LogP contribution is 2.20. The van der Waals surface area contributed by atoms with Crippen molar-refractivity contribution in [1.29, 1.82) is 0 Å². The van der Waals surface area contributed by atoms with E-state index in [0.29, 0.717) is 24.6 Å². The van der Waals surface area contributed by atoms with Crippen LogP contribution in [0, 0.1) is 12.8 Å². The summed E-state index contributed by atoms with van der Waals surface area (Å²) in [6, 6.07) is 3.65. The summed E-state index contributed by atoms with van der Waals surface area (Å²) in [5, 5.41) is 12.5. The molecule has 5 nitrogen and oxygen atoms in total. The Morgan fingerprint density at radius 1 is 1.43 bits per heavy atom. The standard InChI is InChI=1S/C16H26N2O3/c1-5-6-15(16(19)20)21-14-8-7-12(4)18-13(14)10-17-9-11(2)3/h7-8,11,15,17H,5-6,9-10H2,1-4H3,(H,19,20). The van der Waals surface area contributed by atoms with Crippen LogP contribution in [0.25, 0.3) is 0 Å². The Morgan fingerprint density at radius 2 is 2.14 bits per heavy atom. The highest BCUT2D eigenvalue weighted by molar-refractivity contribution is 5.72. The first-order valence-electron chi connectivity index (χ1n) is 7.50. The summed E-state index contributed by atoms with van der Waals surface area (Å²) in [5.41, 5.74) is 1.66. The van der Waals surface area contributed by atoms with Gasteiger partial charge < -0.3 is 15.2 Å². The van der Waals surface area contributed by atoms with Crippen LogP contribution in [0.5, 0.6) is 5.75 Å². The van der Waals surface area contributed by atoms with Gasteiger partial charge in [0.25, 0.3) is 0 Å². The quantitative estimate of drug-likeness (QED) is 0.733. The zero-order valence-corrected chi connectivity index (χ0v) is 13.3. The Bertz CT molecular complexity index is 461. The summed E-state index contributed by atoms with van der Waals surface area (Å²) < 4.78 is 5.66. The number of carboxylic acids is 1. The summed E-state index contributed by atoms with van der Waals surface area (Å²) in [4.78, 5) is 15.7. The van der Waals surface area contributed by atoms with E-state index in [1.165, 1.54) is 0 Å². The summed E-state index contributed by atoms with van der Waals surface area (Å²) in [6.45, 7) is 9.58. The number of ether oxygens (including phenoxy) is 1. The van der Waals surface area contributed by atoms with Crippen molar-refractivity contribution in [3.8, 4) is 5.75 Å². The molecule has 21 heavy (non-hydrogen) atoms. The van der Waals surface area contributed by atoms with E-state index in [-0.39, 0.29) is 0 Å². The van der Waals surface area contributed by atoms with Crippen LogP contribution in [0.3, 0.4) is 0 Å². The maximum atomic E-state index is 11.2. The molecule has 0 amide bonds. The van der Waals surface area contributed by atoms with E-state index in [9.17, 15) is 9.90 Å². The molecule has 1 unspecified atom stereocenters. The molecule has 2 N–H and O–H groups in total. The average Bonchev–Trinajstić information content (AvgIpc) is 2.40. The van der Waals surface area contributed by atoms with Crippen LogP contribution in [0.2, 0.25) is 0 Å². The van der Waals surface area contributed by atoms with Gasteiger partial charge in [0.05, 0.1) is 5.69 Å². The minimum absolute atomic E-state index is 0.488. The molecule has 0 aliphatic rings. The molecule has 1 heterocycles. The van der Waals surface area contributed by atoms with Gasteiger partial charge in [0, 0.05) is 12.2 Å². The zero-order chi connectivity index (χ0) is 15.8. The number of aryl methyl sites for hydroxylation is 1. The van der Waals surface area contributed by atoms with E-state index in [2.05, 4.69) is 24.1 Å². The smallest absolute Gasteiger partial charge is 0.344 e. The molecule has 0 bridgehead atoms. The Morgan fingerprint density at radius 3 is 2.71 bits per heavy atom. The number of nitrogens with one attached hydrogen (secondary N) is 1. The fourth-order valence-corrected chi connectivity index (χ4v) is 1.96. The van der Waals surface area contributed by atoms with Crippen molar-refractivity contribution < 1.29 is 14.6 Å². The second-order valence-corrected chi connectivity index (χ2v) is 5.66. The largest absolute Gasteiger partial charge is 0.479 e. The normalized spacial score (nSPS) is 12.4. The monoisotopic (exact) mass is 294 g/mol. The van der Waals surface area contributed by atoms with Crippen LogP contribution in [0.15, 0.2) is 12.1 Å². The van der Waals surface area contributed by atoms with Crippen molar-refractivity contribution in [2.45, 2.75) is 53.2 Å². The molecule has 1 aromatic rings. The number of carbonyl (C=O) groups is 1. The number of aliphatic carboxylic acids is 1. The minimum atomic E-state index is -0.932. The van der Waals surface area contributed by atoms with E-state index >= 15 is 0 Å². The van der Waals surface area contributed by atoms with Gasteiger partial charge in [-0.25, -0.2) is 4.79 Å². The third kappa shape index (κ3) is 6.12. The Balaban J connectivity index is 2.82. The number of rotatable bonds is 9. The SMILES string of the molecule is CCCC(Oc1ccc(C)nc1CNCC(C)C)C(=O)O. The van der Waals surface area contributed by atoms with Crippen LogP contribution < -0.4 is 10.1 Å². The molecular weight excluding hydrogens is 268 g/mol. The van der Waals surface area contributed by atoms with Crippen molar-refractivity contribution in [2.75, 3.05) is 6.54 Å². The van der Waals surface area contributed by atoms with Crippen molar-refractivity contribution in [1.82, 2.24) is 10.3 Å². The lowest BCUT2D eigenvalue weighted by Gasteiger charge is -2.17. The van der Waals surface area contributed by atoms with Crippen molar-refractivity contribution in [2.24, 2.45) is 5.92 Å². The van der Waals surface area contributed by atoms with Gasteiger partial charge in [0.15, 0.2) is 6.10 Å². The maximum absolute atomic E-state index is 11.2. The zero-order valence-electron chi connectivity index (χ0n) is 13.3. The lowest BCUT2D eigenvalue weighted by molar-refractivity contribution is -0.145. The second kappa shape index (κ2) is 8.62. The molecule has 0 aliphatic carbocycles. The first-order valence-corrected chi connectivity index (χ1v) is 7.50. The highest BCUT2D eigenvalue weighted by Gasteiger charge is 2.20. The van der Waals surface area contributed by atoms with Gasteiger partial charge in [-0.05, 0) is 37.9 Å². The van der Waals surface area contributed by atoms with Gasteiger partial charge in [-0.3, -0.25) is 4.98 Å². The van der Waals surface area contributed by atoms with E-state index < -0.39 is 12.1 Å². The number of pyridine rings is 1. The molecule has 0 saturated heterocycles. The van der Waals surface area contributed by atoms with E-state index in [0.717, 1.165) is 24.4 Å². The highest BCUT2D eigenvalue weighted by atomic mass is 16.5. The Hall–Kier alpha value is -1.62. The number of aromatic nitrogens is 1. The maximum Gasteiger partial charge on any atom is 0.344 e. The Kier molecular flexibility index (Phi) is 7.15. The Labute approximate surface area is 126 Å². The fourth-order valence-electron chi connectivity index (χ4n) is 1.96. The molecule has 118 valence electrons. The minimum Gasteiger partial charge on any atom is -0.479 e. The van der Waals surface area contributed by atoms with Crippen LogP contribution in [0.4, 0.5) is 0 Å². The molecule has 1 aromatic heterocycles. The van der Waals surface area contributed by atoms with Crippen LogP contribution in [0.1, 0.15) is 45.0 Å². The van der Waals surface area contributed by atoms with Gasteiger partial charge in [-0.2, -0.15) is 0 Å². The van der Waals surface area contributed by atoms with Crippen molar-refractivity contribution >= 4 is 5.97 Å². The number of nitrogens with zero attached hydrogens (tertiary/aromatic N) is 1. The third-order valence-corrected chi connectivity index (χ3v) is 3.01. The lowest BCUT2D eigenvalue weighted by atomic mass is 10.2. The summed E-state index contributed by atoms with van der Waals surface area (Å²) in [6.07, 6.45) is 0.433. The molecule has 0 saturated carbocycles. The van der Waals surface area contributed by atoms with Crippen LogP contribution >= 0.6 is 0 Å². The first-order chi connectivity index (χ1) is 9.93. The third-order valence-electron chi connectivity index (χ3n) is 3.01. The van der Waals surface area contributed by atoms with Crippen LogP contribution in [-0.4, -0.2) is 28.7 Å². The topological polar surface area (TPSA) is 71.5 Å². The van der Waals surface area contributed by atoms with Crippen molar-refractivity contribution in [3.05, 3.63) is 23.5 Å². The number of hydrogen-bond acceptors (Lipinski definition) is 4. The molecule has 1 rings (SSSR count). The predicted octanol–water partition coefficient (Wildman–Crippen LogP) is 2.77. The second-order valence-electron chi connectivity index (χ2n) is 5.66. The number of carboxylic acid groups (broad SMARTS) is 1. The van der Waals surface area contributed by atoms with E-state index in [1.807, 2.05) is 19.9 Å². The van der Waals surface area contributed by atoms with Gasteiger partial charge in [-0.1, -0.05) is 27.2 Å². The first kappa shape index (κ1) is 17.4. The van der Waals surface area contributed by atoms with E-state index in [4.69, 9.17) is 4.74 Å². The molecule has 1 atom stereocenters. The molecule has 5 heteroatoms. The number of hydrogen-bond donors (Lipinski definition) is 2. The van der Waals surface area contributed by atoms with Crippen LogP contribution in [-0.2, 0) is 11.3 Å². The van der Waals surface area contributed by atoms with Gasteiger partial charge >= 0.3 is 5.97 Å². The molecule has 0 aliphatic heterocycles. The van der Waals surface area contributed by atoms with Gasteiger partial charge in [0.2, 0.25) is 0 Å². The molecule has 0 fully saturated rings.